The molecule has 1 aromatic rings. The minimum absolute atomic E-state index is 0.0886. The normalized spacial score (nSPS) is 10.6. The maximum atomic E-state index is 11.9. The van der Waals surface area contributed by atoms with E-state index in [1.54, 1.807) is 0 Å². The predicted octanol–water partition coefficient (Wildman–Crippen LogP) is 4.38. The van der Waals surface area contributed by atoms with E-state index >= 15 is 0 Å². The maximum Gasteiger partial charge on any atom is 0.173 e. The molecule has 0 spiro atoms. The molecule has 0 aliphatic rings. The van der Waals surface area contributed by atoms with E-state index in [1.807, 2.05) is 0 Å². The van der Waals surface area contributed by atoms with Crippen LogP contribution in [0.3, 0.4) is 0 Å². The maximum absolute atomic E-state index is 11.9. The highest BCUT2D eigenvalue weighted by Gasteiger charge is 2.15. The molecule has 0 unspecified atom stereocenters. The summed E-state index contributed by atoms with van der Waals surface area (Å²) in [6.07, 6.45) is 8.17. The SMILES string of the molecule is CCCCCCCCCC(=O)CC(=O)c1ccc(O)cc1O. The fourth-order valence-corrected chi connectivity index (χ4v) is 2.40. The molecule has 0 bridgehead atoms. The van der Waals surface area contributed by atoms with E-state index < -0.39 is 5.78 Å². The summed E-state index contributed by atoms with van der Waals surface area (Å²) in [7, 11) is 0. The number of hydrogen-bond acceptors (Lipinski definition) is 4. The zero-order valence-corrected chi connectivity index (χ0v) is 13.3. The number of hydrogen-bond donors (Lipinski definition) is 2. The lowest BCUT2D eigenvalue weighted by molar-refractivity contribution is -0.118. The van der Waals surface area contributed by atoms with Gasteiger partial charge in [-0.05, 0) is 18.6 Å². The van der Waals surface area contributed by atoms with Crippen LogP contribution in [0.25, 0.3) is 0 Å². The van der Waals surface area contributed by atoms with Crippen molar-refractivity contribution in [1.82, 2.24) is 0 Å². The van der Waals surface area contributed by atoms with Gasteiger partial charge in [-0.2, -0.15) is 0 Å². The molecule has 0 saturated heterocycles. The van der Waals surface area contributed by atoms with Gasteiger partial charge in [0.05, 0.1) is 12.0 Å². The van der Waals surface area contributed by atoms with E-state index in [2.05, 4.69) is 6.92 Å². The van der Waals surface area contributed by atoms with Crippen molar-refractivity contribution in [2.45, 2.75) is 64.7 Å². The Balaban J connectivity index is 2.25. The molecule has 2 N–H and O–H groups in total. The molecular weight excluding hydrogens is 280 g/mol. The highest BCUT2D eigenvalue weighted by Crippen LogP contribution is 2.24. The number of Topliss-reactive ketones (excluding diaryl/α,β-unsaturated/α-hetero) is 2. The fourth-order valence-electron chi connectivity index (χ4n) is 2.40. The number of ketones is 2. The third-order valence-electron chi connectivity index (χ3n) is 3.70. The quantitative estimate of drug-likeness (QED) is 0.361. The summed E-state index contributed by atoms with van der Waals surface area (Å²) < 4.78 is 0. The zero-order chi connectivity index (χ0) is 16.4. The summed E-state index contributed by atoms with van der Waals surface area (Å²) in [6, 6.07) is 3.77. The number of carbonyl (C=O) groups is 2. The molecule has 1 rings (SSSR count). The van der Waals surface area contributed by atoms with Crippen LogP contribution in [0.15, 0.2) is 18.2 Å². The number of benzene rings is 1. The average molecular weight is 306 g/mol. The molecule has 0 saturated carbocycles. The first kappa shape index (κ1) is 18.2. The first-order valence-electron chi connectivity index (χ1n) is 8.11. The molecule has 1 aromatic carbocycles. The van der Waals surface area contributed by atoms with Gasteiger partial charge in [0.1, 0.15) is 17.3 Å². The number of carbonyl (C=O) groups excluding carboxylic acids is 2. The van der Waals surface area contributed by atoms with Crippen molar-refractivity contribution in [2.24, 2.45) is 0 Å². The van der Waals surface area contributed by atoms with Gasteiger partial charge in [0.15, 0.2) is 5.78 Å². The molecule has 0 amide bonds. The fraction of sp³-hybridized carbons (Fsp3) is 0.556. The number of phenols is 2. The van der Waals surface area contributed by atoms with E-state index in [-0.39, 0.29) is 29.3 Å². The highest BCUT2D eigenvalue weighted by atomic mass is 16.3. The molecule has 0 fully saturated rings. The largest absolute Gasteiger partial charge is 0.508 e. The van der Waals surface area contributed by atoms with Crippen molar-refractivity contribution in [3.63, 3.8) is 0 Å². The molecule has 0 aromatic heterocycles. The average Bonchev–Trinajstić information content (AvgIpc) is 2.46. The molecule has 4 nitrogen and oxygen atoms in total. The number of aromatic hydroxyl groups is 2. The van der Waals surface area contributed by atoms with Gasteiger partial charge in [0.25, 0.3) is 0 Å². The van der Waals surface area contributed by atoms with Crippen molar-refractivity contribution < 1.29 is 19.8 Å². The van der Waals surface area contributed by atoms with Gasteiger partial charge in [-0.15, -0.1) is 0 Å². The van der Waals surface area contributed by atoms with Crippen LogP contribution < -0.4 is 0 Å². The number of unbranched alkanes of at least 4 members (excludes halogenated alkanes) is 6. The minimum Gasteiger partial charge on any atom is -0.508 e. The van der Waals surface area contributed by atoms with Crippen LogP contribution in [-0.2, 0) is 4.79 Å². The van der Waals surface area contributed by atoms with Crippen LogP contribution >= 0.6 is 0 Å². The smallest absolute Gasteiger partial charge is 0.173 e. The Morgan fingerprint density at radius 1 is 0.955 bits per heavy atom. The van der Waals surface area contributed by atoms with Gasteiger partial charge < -0.3 is 10.2 Å². The zero-order valence-electron chi connectivity index (χ0n) is 13.3. The number of rotatable bonds is 11. The second-order valence-electron chi connectivity index (χ2n) is 5.71. The van der Waals surface area contributed by atoms with Gasteiger partial charge in [0.2, 0.25) is 0 Å². The van der Waals surface area contributed by atoms with Crippen LogP contribution in [0.1, 0.15) is 75.1 Å². The van der Waals surface area contributed by atoms with Crippen molar-refractivity contribution in [3.05, 3.63) is 23.8 Å². The number of phenolic OH excluding ortho intramolecular Hbond substituents is 2. The lowest BCUT2D eigenvalue weighted by atomic mass is 10.0. The van der Waals surface area contributed by atoms with Crippen LogP contribution in [0.4, 0.5) is 0 Å². The molecule has 0 radical (unpaired) electrons. The molecule has 0 heterocycles. The Morgan fingerprint density at radius 3 is 2.23 bits per heavy atom. The molecule has 0 aliphatic carbocycles. The van der Waals surface area contributed by atoms with Gasteiger partial charge in [-0.25, -0.2) is 0 Å². The van der Waals surface area contributed by atoms with Crippen molar-refractivity contribution >= 4 is 11.6 Å². The second-order valence-corrected chi connectivity index (χ2v) is 5.71. The molecule has 22 heavy (non-hydrogen) atoms. The lowest BCUT2D eigenvalue weighted by Gasteiger charge is -2.04. The Labute approximate surface area is 132 Å². The summed E-state index contributed by atoms with van der Waals surface area (Å²) in [4.78, 5) is 23.7. The summed E-state index contributed by atoms with van der Waals surface area (Å²) in [6.45, 7) is 2.18. The minimum atomic E-state index is -0.398. The van der Waals surface area contributed by atoms with Crippen molar-refractivity contribution in [1.29, 1.82) is 0 Å². The topological polar surface area (TPSA) is 74.6 Å². The summed E-state index contributed by atoms with van der Waals surface area (Å²) in [5.74, 6) is -0.881. The summed E-state index contributed by atoms with van der Waals surface area (Å²) in [5, 5.41) is 18.8. The molecular formula is C18H26O4. The lowest BCUT2D eigenvalue weighted by Crippen LogP contribution is -2.08. The Bertz CT molecular complexity index is 494. The van der Waals surface area contributed by atoms with Crippen molar-refractivity contribution in [3.8, 4) is 11.5 Å². The summed E-state index contributed by atoms with van der Waals surface area (Å²) in [5.41, 5.74) is 0.0886. The van der Waals surface area contributed by atoms with E-state index in [4.69, 9.17) is 0 Å². The molecule has 4 heteroatoms. The van der Waals surface area contributed by atoms with Crippen molar-refractivity contribution in [2.75, 3.05) is 0 Å². The molecule has 0 aliphatic heterocycles. The summed E-state index contributed by atoms with van der Waals surface area (Å²) >= 11 is 0. The van der Waals surface area contributed by atoms with E-state index in [1.165, 1.54) is 37.8 Å². The first-order valence-corrected chi connectivity index (χ1v) is 8.11. The third-order valence-corrected chi connectivity index (χ3v) is 3.70. The van der Waals surface area contributed by atoms with Gasteiger partial charge >= 0.3 is 0 Å². The Hall–Kier alpha value is -1.84. The second kappa shape index (κ2) is 9.98. The first-order chi connectivity index (χ1) is 10.5. The highest BCUT2D eigenvalue weighted by molar-refractivity contribution is 6.09. The standard InChI is InChI=1S/C18H26O4/c1-2-3-4-5-6-7-8-9-14(19)12-17(21)16-11-10-15(20)13-18(16)22/h10-11,13,20,22H,2-9,12H2,1H3. The van der Waals surface area contributed by atoms with Gasteiger partial charge in [-0.1, -0.05) is 45.4 Å². The third kappa shape index (κ3) is 6.74. The van der Waals surface area contributed by atoms with Gasteiger partial charge in [-0.3, -0.25) is 9.59 Å². The van der Waals surface area contributed by atoms with Crippen LogP contribution in [0.2, 0.25) is 0 Å². The Kier molecular flexibility index (Phi) is 8.26. The van der Waals surface area contributed by atoms with E-state index in [9.17, 15) is 19.8 Å². The Morgan fingerprint density at radius 2 is 1.59 bits per heavy atom. The van der Waals surface area contributed by atoms with E-state index in [0.717, 1.165) is 25.3 Å². The van der Waals surface area contributed by atoms with E-state index in [0.29, 0.717) is 6.42 Å². The molecule has 0 atom stereocenters. The van der Waals surface area contributed by atoms with Crippen LogP contribution in [0.5, 0.6) is 11.5 Å². The van der Waals surface area contributed by atoms with Crippen LogP contribution in [0, 0.1) is 0 Å². The van der Waals surface area contributed by atoms with Gasteiger partial charge in [0, 0.05) is 12.5 Å². The molecule has 122 valence electrons. The predicted molar refractivity (Wildman–Crippen MR) is 86.3 cm³/mol. The van der Waals surface area contributed by atoms with Crippen LogP contribution in [-0.4, -0.2) is 21.8 Å². The monoisotopic (exact) mass is 306 g/mol.